The molecule has 1 fully saturated rings. The number of carbonyl (C=O) groups excluding carboxylic acids is 1. The maximum absolute atomic E-state index is 12.4. The fraction of sp³-hybridized carbons (Fsp3) is 0.409. The largest absolute Gasteiger partial charge is 0.491 e. The Hall–Kier alpha value is -2.24. The van der Waals surface area contributed by atoms with Gasteiger partial charge in [0.05, 0.1) is 11.6 Å². The van der Waals surface area contributed by atoms with Crippen molar-refractivity contribution in [2.75, 3.05) is 50.1 Å². The molecule has 0 atom stereocenters. The molecule has 0 saturated carbocycles. The summed E-state index contributed by atoms with van der Waals surface area (Å²) in [5.41, 5.74) is 3.19. The average Bonchev–Trinajstić information content (AvgIpc) is 3.19. The van der Waals surface area contributed by atoms with Crippen molar-refractivity contribution < 1.29 is 9.53 Å². The van der Waals surface area contributed by atoms with Crippen LogP contribution in [0.25, 0.3) is 0 Å². The van der Waals surface area contributed by atoms with Gasteiger partial charge in [0, 0.05) is 31.0 Å². The van der Waals surface area contributed by atoms with Crippen LogP contribution in [0.1, 0.15) is 18.4 Å². The Bertz CT molecular complexity index is 806. The quantitative estimate of drug-likeness (QED) is 0.720. The first kappa shape index (κ1) is 20.5. The number of amides is 1. The molecule has 3 rings (SSSR count). The van der Waals surface area contributed by atoms with E-state index in [4.69, 9.17) is 16.3 Å². The van der Waals surface area contributed by atoms with Gasteiger partial charge in [-0.15, -0.1) is 0 Å². The van der Waals surface area contributed by atoms with Gasteiger partial charge in [-0.05, 0) is 62.7 Å². The van der Waals surface area contributed by atoms with Gasteiger partial charge in [0.15, 0.2) is 0 Å². The van der Waals surface area contributed by atoms with Crippen molar-refractivity contribution >= 4 is 28.9 Å². The molecule has 0 aromatic heterocycles. The second-order valence-corrected chi connectivity index (χ2v) is 7.67. The molecule has 0 bridgehead atoms. The van der Waals surface area contributed by atoms with Crippen LogP contribution in [0, 0.1) is 6.92 Å². The van der Waals surface area contributed by atoms with Crippen LogP contribution in [0.4, 0.5) is 11.4 Å². The van der Waals surface area contributed by atoms with Gasteiger partial charge in [-0.3, -0.25) is 9.69 Å². The van der Waals surface area contributed by atoms with Crippen molar-refractivity contribution in [3.05, 3.63) is 53.1 Å². The van der Waals surface area contributed by atoms with Crippen LogP contribution in [0.15, 0.2) is 42.5 Å². The Morgan fingerprint density at radius 3 is 2.68 bits per heavy atom. The molecule has 2 aromatic carbocycles. The van der Waals surface area contributed by atoms with E-state index in [2.05, 4.69) is 22.3 Å². The molecule has 1 aliphatic rings. The number of hydrogen-bond acceptors (Lipinski definition) is 4. The van der Waals surface area contributed by atoms with E-state index in [9.17, 15) is 4.79 Å². The van der Waals surface area contributed by atoms with Gasteiger partial charge in [0.25, 0.3) is 0 Å². The number of benzene rings is 2. The van der Waals surface area contributed by atoms with Crippen LogP contribution in [0.3, 0.4) is 0 Å². The third-order valence-corrected chi connectivity index (χ3v) is 5.25. The van der Waals surface area contributed by atoms with Gasteiger partial charge in [0.1, 0.15) is 12.4 Å². The molecule has 0 aliphatic carbocycles. The van der Waals surface area contributed by atoms with Crippen molar-refractivity contribution in [3.63, 3.8) is 0 Å². The van der Waals surface area contributed by atoms with E-state index in [0.29, 0.717) is 30.5 Å². The summed E-state index contributed by atoms with van der Waals surface area (Å²) in [4.78, 5) is 16.7. The molecular formula is C22H28ClN3O2. The lowest BCUT2D eigenvalue weighted by molar-refractivity contribution is -0.117. The molecule has 1 aliphatic heterocycles. The monoisotopic (exact) mass is 401 g/mol. The van der Waals surface area contributed by atoms with E-state index in [1.807, 2.05) is 43.1 Å². The summed E-state index contributed by atoms with van der Waals surface area (Å²) in [6.07, 6.45) is 2.51. The van der Waals surface area contributed by atoms with Crippen LogP contribution in [-0.4, -0.2) is 50.6 Å². The summed E-state index contributed by atoms with van der Waals surface area (Å²) in [6.45, 7) is 5.68. The SMILES string of the molecule is Cc1cc(N2CCCC2)ccc1NC(=O)CN(C)CCOc1ccccc1Cl. The highest BCUT2D eigenvalue weighted by molar-refractivity contribution is 6.32. The van der Waals surface area contributed by atoms with Gasteiger partial charge in [0.2, 0.25) is 5.91 Å². The van der Waals surface area contributed by atoms with E-state index in [1.165, 1.54) is 18.5 Å². The van der Waals surface area contributed by atoms with Crippen LogP contribution in [0.2, 0.25) is 5.02 Å². The lowest BCUT2D eigenvalue weighted by Crippen LogP contribution is -2.33. The van der Waals surface area contributed by atoms with Crippen LogP contribution < -0.4 is 15.0 Å². The number of carbonyl (C=O) groups is 1. The minimum atomic E-state index is -0.0303. The number of para-hydroxylation sites is 1. The van der Waals surface area contributed by atoms with Gasteiger partial charge in [-0.25, -0.2) is 0 Å². The van der Waals surface area contributed by atoms with Crippen molar-refractivity contribution in [2.45, 2.75) is 19.8 Å². The fourth-order valence-electron chi connectivity index (χ4n) is 3.35. The van der Waals surface area contributed by atoms with Gasteiger partial charge in [-0.2, -0.15) is 0 Å². The summed E-state index contributed by atoms with van der Waals surface area (Å²) in [6, 6.07) is 13.6. The van der Waals surface area contributed by atoms with Gasteiger partial charge < -0.3 is 15.0 Å². The first-order valence-corrected chi connectivity index (χ1v) is 10.1. The van der Waals surface area contributed by atoms with Crippen LogP contribution in [-0.2, 0) is 4.79 Å². The highest BCUT2D eigenvalue weighted by atomic mass is 35.5. The maximum atomic E-state index is 12.4. The number of aryl methyl sites for hydroxylation is 1. The molecular weight excluding hydrogens is 374 g/mol. The molecule has 1 amide bonds. The van der Waals surface area contributed by atoms with Gasteiger partial charge >= 0.3 is 0 Å². The summed E-state index contributed by atoms with van der Waals surface area (Å²) in [7, 11) is 1.90. The predicted octanol–water partition coefficient (Wildman–Crippen LogP) is 4.20. The second kappa shape index (κ2) is 9.80. The zero-order valence-corrected chi connectivity index (χ0v) is 17.3. The Morgan fingerprint density at radius 2 is 1.96 bits per heavy atom. The van der Waals surface area contributed by atoms with Crippen molar-refractivity contribution in [1.29, 1.82) is 0 Å². The minimum absolute atomic E-state index is 0.0303. The normalized spacial score (nSPS) is 13.8. The fourth-order valence-corrected chi connectivity index (χ4v) is 3.54. The number of rotatable bonds is 8. The van der Waals surface area contributed by atoms with Crippen LogP contribution >= 0.6 is 11.6 Å². The van der Waals surface area contributed by atoms with E-state index < -0.39 is 0 Å². The summed E-state index contributed by atoms with van der Waals surface area (Å²) >= 11 is 6.08. The molecule has 6 heteroatoms. The lowest BCUT2D eigenvalue weighted by atomic mass is 10.1. The molecule has 150 valence electrons. The number of anilines is 2. The van der Waals surface area contributed by atoms with Crippen molar-refractivity contribution in [2.24, 2.45) is 0 Å². The van der Waals surface area contributed by atoms with Crippen molar-refractivity contribution in [3.8, 4) is 5.75 Å². The topological polar surface area (TPSA) is 44.8 Å². The third-order valence-electron chi connectivity index (χ3n) is 4.94. The number of nitrogens with one attached hydrogen (secondary N) is 1. The Kier molecular flexibility index (Phi) is 7.18. The second-order valence-electron chi connectivity index (χ2n) is 7.26. The van der Waals surface area contributed by atoms with E-state index in [0.717, 1.165) is 24.3 Å². The number of hydrogen-bond donors (Lipinski definition) is 1. The number of ether oxygens (including phenoxy) is 1. The first-order chi connectivity index (χ1) is 13.5. The zero-order chi connectivity index (χ0) is 19.9. The first-order valence-electron chi connectivity index (χ1n) is 9.74. The summed E-state index contributed by atoms with van der Waals surface area (Å²) in [5, 5.41) is 3.61. The standard InChI is InChI=1S/C22H28ClN3O2/c1-17-15-18(26-11-5-6-12-26)9-10-20(17)24-22(27)16-25(2)13-14-28-21-8-4-3-7-19(21)23/h3-4,7-10,15H,5-6,11-14,16H2,1-2H3,(H,24,27). The Morgan fingerprint density at radius 1 is 1.21 bits per heavy atom. The molecule has 1 N–H and O–H groups in total. The highest BCUT2D eigenvalue weighted by Gasteiger charge is 2.14. The Labute approximate surface area is 172 Å². The average molecular weight is 402 g/mol. The summed E-state index contributed by atoms with van der Waals surface area (Å²) < 4.78 is 5.68. The van der Waals surface area contributed by atoms with E-state index in [1.54, 1.807) is 6.07 Å². The minimum Gasteiger partial charge on any atom is -0.491 e. The summed E-state index contributed by atoms with van der Waals surface area (Å²) in [5.74, 6) is 0.632. The van der Waals surface area contributed by atoms with Crippen molar-refractivity contribution in [1.82, 2.24) is 4.90 Å². The molecule has 2 aromatic rings. The lowest BCUT2D eigenvalue weighted by Gasteiger charge is -2.20. The molecule has 1 saturated heterocycles. The van der Waals surface area contributed by atoms with E-state index >= 15 is 0 Å². The third kappa shape index (κ3) is 5.63. The number of nitrogens with zero attached hydrogens (tertiary/aromatic N) is 2. The smallest absolute Gasteiger partial charge is 0.238 e. The van der Waals surface area contributed by atoms with Gasteiger partial charge in [-0.1, -0.05) is 23.7 Å². The maximum Gasteiger partial charge on any atom is 0.238 e. The molecule has 0 unspecified atom stereocenters. The number of likely N-dealkylation sites (N-methyl/N-ethyl adjacent to an activating group) is 1. The number of halogens is 1. The molecule has 28 heavy (non-hydrogen) atoms. The van der Waals surface area contributed by atoms with Crippen LogP contribution in [0.5, 0.6) is 5.75 Å². The predicted molar refractivity (Wildman–Crippen MR) is 116 cm³/mol. The zero-order valence-electron chi connectivity index (χ0n) is 16.6. The Balaban J connectivity index is 1.45. The molecule has 0 spiro atoms. The van der Waals surface area contributed by atoms with E-state index in [-0.39, 0.29) is 5.91 Å². The molecule has 5 nitrogen and oxygen atoms in total. The highest BCUT2D eigenvalue weighted by Crippen LogP contribution is 2.25. The molecule has 1 heterocycles. The molecule has 0 radical (unpaired) electrons.